The van der Waals surface area contributed by atoms with Crippen molar-refractivity contribution in [3.63, 3.8) is 0 Å². The number of amides is 1. The number of aliphatic carboxylic acids is 1. The lowest BCUT2D eigenvalue weighted by Gasteiger charge is -2.11. The second kappa shape index (κ2) is 5.79. The zero-order valence-electron chi connectivity index (χ0n) is 9.24. The summed E-state index contributed by atoms with van der Waals surface area (Å²) in [6, 6.07) is 4.35. The van der Waals surface area contributed by atoms with Gasteiger partial charge in [0.25, 0.3) is 0 Å². The van der Waals surface area contributed by atoms with Gasteiger partial charge in [-0.1, -0.05) is 6.07 Å². The number of hydrogen-bond acceptors (Lipinski definition) is 3. The van der Waals surface area contributed by atoms with Crippen molar-refractivity contribution in [3.05, 3.63) is 28.2 Å². The molecule has 1 aromatic rings. The highest BCUT2D eigenvalue weighted by Gasteiger charge is 2.17. The molecule has 4 N–H and O–H groups in total. The standard InChI is InChI=1S/C11H13BrN2O3/c1-6-2-3-9(7(12)4-6)14-11(17)8(13)5-10(15)16/h2-4,8H,5,13H2,1H3,(H,14,17)(H,15,16). The Kier molecular flexibility index (Phi) is 4.65. The van der Waals surface area contributed by atoms with Crippen molar-refractivity contribution in [1.82, 2.24) is 0 Å². The van der Waals surface area contributed by atoms with Gasteiger partial charge in [0.2, 0.25) is 5.91 Å². The van der Waals surface area contributed by atoms with Gasteiger partial charge >= 0.3 is 5.97 Å². The lowest BCUT2D eigenvalue weighted by atomic mass is 10.2. The first kappa shape index (κ1) is 13.7. The van der Waals surface area contributed by atoms with E-state index in [1.807, 2.05) is 19.1 Å². The highest BCUT2D eigenvalue weighted by molar-refractivity contribution is 9.10. The number of nitrogens with two attached hydrogens (primary N) is 1. The molecule has 0 saturated carbocycles. The highest BCUT2D eigenvalue weighted by Crippen LogP contribution is 2.23. The fraction of sp³-hybridized carbons (Fsp3) is 0.273. The molecule has 1 aromatic carbocycles. The number of carboxylic acids is 1. The van der Waals surface area contributed by atoms with Crippen LogP contribution in [0.15, 0.2) is 22.7 Å². The maximum atomic E-state index is 11.6. The lowest BCUT2D eigenvalue weighted by molar-refractivity contribution is -0.138. The fourth-order valence-electron chi connectivity index (χ4n) is 1.23. The third-order valence-electron chi connectivity index (χ3n) is 2.11. The Morgan fingerprint density at radius 3 is 2.71 bits per heavy atom. The van der Waals surface area contributed by atoms with Crippen molar-refractivity contribution in [3.8, 4) is 0 Å². The van der Waals surface area contributed by atoms with Gasteiger partial charge in [0.1, 0.15) is 0 Å². The molecule has 5 nitrogen and oxygen atoms in total. The molecule has 0 aliphatic heterocycles. The summed E-state index contributed by atoms with van der Waals surface area (Å²) in [7, 11) is 0. The van der Waals surface area contributed by atoms with E-state index in [1.54, 1.807) is 6.07 Å². The van der Waals surface area contributed by atoms with Crippen LogP contribution in [0.3, 0.4) is 0 Å². The number of carboxylic acid groups (broad SMARTS) is 1. The zero-order chi connectivity index (χ0) is 13.0. The summed E-state index contributed by atoms with van der Waals surface area (Å²) in [5.41, 5.74) is 7.05. The van der Waals surface area contributed by atoms with Crippen LogP contribution < -0.4 is 11.1 Å². The van der Waals surface area contributed by atoms with Crippen molar-refractivity contribution < 1.29 is 14.7 Å². The maximum Gasteiger partial charge on any atom is 0.305 e. The Morgan fingerprint density at radius 1 is 1.53 bits per heavy atom. The predicted octanol–water partition coefficient (Wildman–Crippen LogP) is 1.50. The Bertz CT molecular complexity index is 448. The second-order valence-electron chi connectivity index (χ2n) is 3.68. The maximum absolute atomic E-state index is 11.6. The first-order chi connectivity index (χ1) is 7.90. The van der Waals surface area contributed by atoms with Crippen molar-refractivity contribution in [2.24, 2.45) is 5.73 Å². The third-order valence-corrected chi connectivity index (χ3v) is 2.77. The minimum absolute atomic E-state index is 0.394. The van der Waals surface area contributed by atoms with E-state index in [-0.39, 0.29) is 0 Å². The summed E-state index contributed by atoms with van der Waals surface area (Å²) < 4.78 is 0.730. The van der Waals surface area contributed by atoms with Crippen LogP contribution in [0.25, 0.3) is 0 Å². The van der Waals surface area contributed by atoms with Gasteiger partial charge in [-0.15, -0.1) is 0 Å². The highest BCUT2D eigenvalue weighted by atomic mass is 79.9. The van der Waals surface area contributed by atoms with Crippen LogP contribution in [-0.2, 0) is 9.59 Å². The van der Waals surface area contributed by atoms with E-state index < -0.39 is 24.3 Å². The van der Waals surface area contributed by atoms with Crippen molar-refractivity contribution in [2.45, 2.75) is 19.4 Å². The van der Waals surface area contributed by atoms with Crippen molar-refractivity contribution in [2.75, 3.05) is 5.32 Å². The van der Waals surface area contributed by atoms with E-state index >= 15 is 0 Å². The Hall–Kier alpha value is -1.40. The van der Waals surface area contributed by atoms with Crippen LogP contribution in [0.5, 0.6) is 0 Å². The summed E-state index contributed by atoms with van der Waals surface area (Å²) in [5.74, 6) is -1.62. The summed E-state index contributed by atoms with van der Waals surface area (Å²) in [5, 5.41) is 11.1. The number of aryl methyl sites for hydroxylation is 1. The van der Waals surface area contributed by atoms with Crippen LogP contribution in [0.1, 0.15) is 12.0 Å². The third kappa shape index (κ3) is 4.16. The monoisotopic (exact) mass is 300 g/mol. The molecule has 0 radical (unpaired) electrons. The van der Waals surface area contributed by atoms with Gasteiger partial charge in [0.15, 0.2) is 0 Å². The van der Waals surface area contributed by atoms with Crippen molar-refractivity contribution >= 4 is 33.5 Å². The number of nitrogens with one attached hydrogen (secondary N) is 1. The van der Waals surface area contributed by atoms with Gasteiger partial charge in [-0.3, -0.25) is 9.59 Å². The number of anilines is 1. The number of rotatable bonds is 4. The lowest BCUT2D eigenvalue weighted by Crippen LogP contribution is -2.37. The SMILES string of the molecule is Cc1ccc(NC(=O)C(N)CC(=O)O)c(Br)c1. The molecule has 1 atom stereocenters. The number of carbonyl (C=O) groups excluding carboxylic acids is 1. The molecular weight excluding hydrogens is 288 g/mol. The van der Waals surface area contributed by atoms with Crippen LogP contribution in [-0.4, -0.2) is 23.0 Å². The normalized spacial score (nSPS) is 11.9. The van der Waals surface area contributed by atoms with Gasteiger partial charge in [-0.05, 0) is 40.5 Å². The molecule has 92 valence electrons. The van der Waals surface area contributed by atoms with E-state index in [1.165, 1.54) is 0 Å². The van der Waals surface area contributed by atoms with Crippen molar-refractivity contribution in [1.29, 1.82) is 0 Å². The molecule has 0 aliphatic rings. The summed E-state index contributed by atoms with van der Waals surface area (Å²) in [6.07, 6.45) is -0.394. The van der Waals surface area contributed by atoms with Gasteiger partial charge in [0.05, 0.1) is 18.2 Å². The van der Waals surface area contributed by atoms with Crippen LogP contribution in [0.2, 0.25) is 0 Å². The average Bonchev–Trinajstić information content (AvgIpc) is 2.21. The molecule has 0 aromatic heterocycles. The first-order valence-corrected chi connectivity index (χ1v) is 5.74. The smallest absolute Gasteiger partial charge is 0.305 e. The van der Waals surface area contributed by atoms with E-state index in [0.717, 1.165) is 10.0 Å². The molecule has 0 saturated heterocycles. The van der Waals surface area contributed by atoms with Gasteiger partial charge < -0.3 is 16.2 Å². The average molecular weight is 301 g/mol. The second-order valence-corrected chi connectivity index (χ2v) is 4.53. The molecule has 0 fully saturated rings. The largest absolute Gasteiger partial charge is 0.481 e. The van der Waals surface area contributed by atoms with E-state index in [4.69, 9.17) is 10.8 Å². The van der Waals surface area contributed by atoms with Crippen LogP contribution in [0.4, 0.5) is 5.69 Å². The molecule has 0 aliphatic carbocycles. The molecule has 6 heteroatoms. The van der Waals surface area contributed by atoms with Gasteiger partial charge in [-0.25, -0.2) is 0 Å². The summed E-state index contributed by atoms with van der Waals surface area (Å²) in [6.45, 7) is 1.92. The fourth-order valence-corrected chi connectivity index (χ4v) is 1.82. The predicted molar refractivity (Wildman–Crippen MR) is 67.7 cm³/mol. The summed E-state index contributed by atoms with van der Waals surface area (Å²) >= 11 is 3.30. The molecule has 0 spiro atoms. The zero-order valence-corrected chi connectivity index (χ0v) is 10.8. The molecule has 17 heavy (non-hydrogen) atoms. The molecule has 1 rings (SSSR count). The molecular formula is C11H13BrN2O3. The summed E-state index contributed by atoms with van der Waals surface area (Å²) in [4.78, 5) is 22.0. The minimum atomic E-state index is -1.10. The van der Waals surface area contributed by atoms with Crippen LogP contribution in [0, 0.1) is 6.92 Å². The van der Waals surface area contributed by atoms with Gasteiger partial charge in [-0.2, -0.15) is 0 Å². The Morgan fingerprint density at radius 2 is 2.18 bits per heavy atom. The molecule has 1 unspecified atom stereocenters. The molecule has 0 bridgehead atoms. The number of benzene rings is 1. The topological polar surface area (TPSA) is 92.4 Å². The van der Waals surface area contributed by atoms with Crippen LogP contribution >= 0.6 is 15.9 Å². The van der Waals surface area contributed by atoms with E-state index in [9.17, 15) is 9.59 Å². The van der Waals surface area contributed by atoms with E-state index in [0.29, 0.717) is 5.69 Å². The molecule has 0 heterocycles. The Balaban J connectivity index is 2.71. The number of halogens is 1. The van der Waals surface area contributed by atoms with E-state index in [2.05, 4.69) is 21.2 Å². The number of hydrogen-bond donors (Lipinski definition) is 3. The minimum Gasteiger partial charge on any atom is -0.481 e. The Labute approximate surface area is 107 Å². The first-order valence-electron chi connectivity index (χ1n) is 4.94. The quantitative estimate of drug-likeness (QED) is 0.785. The van der Waals surface area contributed by atoms with Gasteiger partial charge in [0, 0.05) is 4.47 Å². The number of carbonyl (C=O) groups is 2. The molecule has 1 amide bonds.